The Kier molecular flexibility index (Phi) is 4.56. The van der Waals surface area contributed by atoms with Gasteiger partial charge in [-0.2, -0.15) is 0 Å². The highest BCUT2D eigenvalue weighted by Gasteiger charge is 2.17. The number of amides is 1. The Balaban J connectivity index is 1.98. The molecule has 0 saturated heterocycles. The van der Waals surface area contributed by atoms with Gasteiger partial charge in [-0.15, -0.1) is 10.2 Å². The lowest BCUT2D eigenvalue weighted by atomic mass is 10.2. The van der Waals surface area contributed by atoms with E-state index in [2.05, 4.69) is 15.5 Å². The van der Waals surface area contributed by atoms with Gasteiger partial charge in [0.2, 0.25) is 11.0 Å². The molecule has 0 fully saturated rings. The van der Waals surface area contributed by atoms with Crippen molar-refractivity contribution < 1.29 is 9.18 Å². The predicted molar refractivity (Wildman–Crippen MR) is 79.4 cm³/mol. The number of nitrogens with two attached hydrogens (primary N) is 1. The lowest BCUT2D eigenvalue weighted by molar-refractivity contribution is -0.115. The van der Waals surface area contributed by atoms with E-state index < -0.39 is 0 Å². The van der Waals surface area contributed by atoms with E-state index in [4.69, 9.17) is 5.73 Å². The van der Waals surface area contributed by atoms with Crippen LogP contribution >= 0.6 is 23.1 Å². The zero-order chi connectivity index (χ0) is 14.7. The highest BCUT2D eigenvalue weighted by atomic mass is 32.2. The van der Waals surface area contributed by atoms with E-state index in [1.165, 1.54) is 29.2 Å². The number of nitrogen functional groups attached to an aromatic ring is 1. The van der Waals surface area contributed by atoms with Crippen LogP contribution in [0.15, 0.2) is 22.5 Å². The summed E-state index contributed by atoms with van der Waals surface area (Å²) in [5.74, 6) is -0.577. The summed E-state index contributed by atoms with van der Waals surface area (Å²) in [6.07, 6.45) is 0. The second-order valence-corrected chi connectivity index (χ2v) is 6.72. The number of nitrogens with one attached hydrogen (secondary N) is 1. The molecule has 0 spiro atoms. The van der Waals surface area contributed by atoms with Gasteiger partial charge in [0.25, 0.3) is 0 Å². The van der Waals surface area contributed by atoms with Crippen molar-refractivity contribution in [3.05, 3.63) is 29.6 Å². The van der Waals surface area contributed by atoms with Crippen LogP contribution in [0.4, 0.5) is 15.2 Å². The maximum atomic E-state index is 13.4. The third kappa shape index (κ3) is 3.67. The number of nitrogens with zero attached hydrogens (tertiary/aromatic N) is 2. The summed E-state index contributed by atoms with van der Waals surface area (Å²) in [5.41, 5.74) is 6.44. The van der Waals surface area contributed by atoms with Crippen LogP contribution in [0, 0.1) is 12.7 Å². The molecule has 0 radical (unpaired) electrons. The second-order valence-electron chi connectivity index (χ2n) is 4.12. The number of anilines is 2. The predicted octanol–water partition coefficient (Wildman–Crippen LogP) is 2.69. The fraction of sp³-hybridized carbons (Fsp3) is 0.250. The van der Waals surface area contributed by atoms with E-state index in [1.54, 1.807) is 26.0 Å². The van der Waals surface area contributed by atoms with Gasteiger partial charge in [-0.25, -0.2) is 4.39 Å². The van der Waals surface area contributed by atoms with Crippen LogP contribution in [0.1, 0.15) is 12.5 Å². The Labute approximate surface area is 123 Å². The van der Waals surface area contributed by atoms with E-state index in [9.17, 15) is 9.18 Å². The van der Waals surface area contributed by atoms with Crippen molar-refractivity contribution in [3.63, 3.8) is 0 Å². The van der Waals surface area contributed by atoms with Crippen molar-refractivity contribution in [3.8, 4) is 0 Å². The molecule has 0 aliphatic heterocycles. The van der Waals surface area contributed by atoms with E-state index >= 15 is 0 Å². The minimum Gasteiger partial charge on any atom is -0.374 e. The first-order valence-electron chi connectivity index (χ1n) is 5.78. The van der Waals surface area contributed by atoms with Crippen LogP contribution in [-0.2, 0) is 4.79 Å². The van der Waals surface area contributed by atoms with Gasteiger partial charge in [0.05, 0.1) is 5.25 Å². The number of halogens is 1. The second kappa shape index (κ2) is 6.19. The number of carbonyl (C=O) groups excluding carboxylic acids is 1. The summed E-state index contributed by atoms with van der Waals surface area (Å²) in [5, 5.41) is 10.2. The molecule has 8 heteroatoms. The molecule has 1 atom stereocenters. The van der Waals surface area contributed by atoms with Gasteiger partial charge in [0.1, 0.15) is 5.82 Å². The van der Waals surface area contributed by atoms with Gasteiger partial charge in [-0.1, -0.05) is 29.2 Å². The zero-order valence-corrected chi connectivity index (χ0v) is 12.5. The lowest BCUT2D eigenvalue weighted by Crippen LogP contribution is -2.22. The van der Waals surface area contributed by atoms with Crippen LogP contribution in [0.3, 0.4) is 0 Å². The first kappa shape index (κ1) is 14.7. The molecule has 1 aromatic carbocycles. The average molecular weight is 312 g/mol. The third-order valence-corrected chi connectivity index (χ3v) is 4.44. The number of carbonyl (C=O) groups is 1. The van der Waals surface area contributed by atoms with Crippen molar-refractivity contribution >= 4 is 39.8 Å². The summed E-state index contributed by atoms with van der Waals surface area (Å²) in [6, 6.07) is 4.58. The maximum absolute atomic E-state index is 13.4. The fourth-order valence-corrected chi connectivity index (χ4v) is 3.17. The molecule has 1 unspecified atom stereocenters. The molecule has 1 aromatic heterocycles. The van der Waals surface area contributed by atoms with Crippen LogP contribution in [0.25, 0.3) is 0 Å². The summed E-state index contributed by atoms with van der Waals surface area (Å²) >= 11 is 2.48. The minimum absolute atomic E-state index is 0.230. The molecule has 106 valence electrons. The number of hydrogen-bond acceptors (Lipinski definition) is 6. The van der Waals surface area contributed by atoms with Gasteiger partial charge in [-0.3, -0.25) is 4.79 Å². The number of hydrogen-bond donors (Lipinski definition) is 2. The quantitative estimate of drug-likeness (QED) is 0.848. The van der Waals surface area contributed by atoms with Crippen LogP contribution in [-0.4, -0.2) is 21.4 Å². The molecule has 3 N–H and O–H groups in total. The highest BCUT2D eigenvalue weighted by Crippen LogP contribution is 2.28. The Morgan fingerprint density at radius 2 is 2.25 bits per heavy atom. The van der Waals surface area contributed by atoms with Crippen LogP contribution < -0.4 is 11.1 Å². The van der Waals surface area contributed by atoms with E-state index in [0.29, 0.717) is 20.7 Å². The summed E-state index contributed by atoms with van der Waals surface area (Å²) in [4.78, 5) is 12.0. The Morgan fingerprint density at radius 3 is 2.85 bits per heavy atom. The molecule has 5 nitrogen and oxygen atoms in total. The van der Waals surface area contributed by atoms with Crippen molar-refractivity contribution in [1.29, 1.82) is 0 Å². The number of thioether (sulfide) groups is 1. The molecule has 0 aliphatic carbocycles. The fourth-order valence-electron chi connectivity index (χ4n) is 1.39. The molecule has 0 aliphatic rings. The Morgan fingerprint density at radius 1 is 1.50 bits per heavy atom. The topological polar surface area (TPSA) is 80.9 Å². The third-order valence-electron chi connectivity index (χ3n) is 2.51. The molecule has 1 amide bonds. The number of aromatic nitrogens is 2. The first-order valence-corrected chi connectivity index (χ1v) is 7.48. The van der Waals surface area contributed by atoms with Crippen molar-refractivity contribution in [1.82, 2.24) is 10.2 Å². The monoisotopic (exact) mass is 312 g/mol. The summed E-state index contributed by atoms with van der Waals surface area (Å²) in [6.45, 7) is 3.40. The van der Waals surface area contributed by atoms with E-state index in [1.807, 2.05) is 0 Å². The highest BCUT2D eigenvalue weighted by molar-refractivity contribution is 8.02. The number of benzene rings is 1. The molecular formula is C12H13FN4OS2. The molecule has 20 heavy (non-hydrogen) atoms. The van der Waals surface area contributed by atoms with Gasteiger partial charge >= 0.3 is 0 Å². The van der Waals surface area contributed by atoms with Gasteiger partial charge < -0.3 is 11.1 Å². The Hall–Kier alpha value is -1.67. The number of rotatable bonds is 4. The lowest BCUT2D eigenvalue weighted by Gasteiger charge is -2.10. The normalized spacial score (nSPS) is 12.2. The Bertz CT molecular complexity index is 632. The molecule has 2 rings (SSSR count). The summed E-state index contributed by atoms with van der Waals surface area (Å²) in [7, 11) is 0. The molecule has 1 heterocycles. The molecule has 0 saturated carbocycles. The van der Waals surface area contributed by atoms with Crippen molar-refractivity contribution in [2.75, 3.05) is 11.1 Å². The zero-order valence-electron chi connectivity index (χ0n) is 10.9. The van der Waals surface area contributed by atoms with E-state index in [0.717, 1.165) is 0 Å². The largest absolute Gasteiger partial charge is 0.374 e. The molecule has 0 bridgehead atoms. The van der Waals surface area contributed by atoms with E-state index in [-0.39, 0.29) is 17.0 Å². The molecular weight excluding hydrogens is 299 g/mol. The minimum atomic E-state index is -0.383. The van der Waals surface area contributed by atoms with Gasteiger partial charge in [-0.05, 0) is 31.5 Å². The average Bonchev–Trinajstić information content (AvgIpc) is 2.79. The molecule has 2 aromatic rings. The van der Waals surface area contributed by atoms with Crippen LogP contribution in [0.2, 0.25) is 0 Å². The summed E-state index contributed by atoms with van der Waals surface area (Å²) < 4.78 is 14.0. The first-order chi connectivity index (χ1) is 9.45. The van der Waals surface area contributed by atoms with Gasteiger partial charge in [0.15, 0.2) is 4.34 Å². The standard InChI is InChI=1S/C12H13FN4OS2/c1-6-3-4-8(5-9(6)13)15-10(18)7(2)19-12-17-16-11(14)20-12/h3-5,7H,1-2H3,(H2,14,16)(H,15,18). The van der Waals surface area contributed by atoms with Crippen molar-refractivity contribution in [2.24, 2.45) is 0 Å². The number of aryl methyl sites for hydroxylation is 1. The van der Waals surface area contributed by atoms with Crippen LogP contribution in [0.5, 0.6) is 0 Å². The maximum Gasteiger partial charge on any atom is 0.237 e. The SMILES string of the molecule is Cc1ccc(NC(=O)C(C)Sc2nnc(N)s2)cc1F. The van der Waals surface area contributed by atoms with Gasteiger partial charge in [0, 0.05) is 5.69 Å². The van der Waals surface area contributed by atoms with Crippen molar-refractivity contribution in [2.45, 2.75) is 23.4 Å². The smallest absolute Gasteiger partial charge is 0.237 e.